The number of nitrogens with one attached hydrogen (secondary N) is 4. The molecule has 5 N–H and O–H groups in total. The number of piperidine rings is 1. The molecule has 0 aromatic heterocycles. The summed E-state index contributed by atoms with van der Waals surface area (Å²) in [6, 6.07) is 2.46. The molecule has 18 heteroatoms. The van der Waals surface area contributed by atoms with Gasteiger partial charge in [-0.3, -0.25) is 24.0 Å². The van der Waals surface area contributed by atoms with E-state index in [4.69, 9.17) is 16.3 Å². The first kappa shape index (κ1) is 43.3. The van der Waals surface area contributed by atoms with Crippen molar-refractivity contribution >= 4 is 58.8 Å². The third-order valence-corrected chi connectivity index (χ3v) is 11.6. The Bertz CT molecular complexity index is 1990. The number of benzene rings is 2. The third-order valence-electron chi connectivity index (χ3n) is 11.4. The molecule has 9 atom stereocenters. The number of cyclic esters (lactones) is 1. The SMILES string of the molecule is Cc1cccc(C[C@H](NC(=O)Nc2ccc(Cl)cc2F)C(=O)N[C@@H]2C(=O)N3C[C@H](O)C[C@H]3C(=O)N3CCCC[C@H]3C(=O)N[C@@H](C)C(=O)N3C[C@H](C)C[C@H]3C(=O)O[C@H]2C)c1. The Hall–Kier alpha value is -5.29. The summed E-state index contributed by atoms with van der Waals surface area (Å²) in [6.45, 7) is 6.70. The topological polar surface area (TPSA) is 207 Å². The maximum absolute atomic E-state index is 14.8. The number of aliphatic hydroxyl groups excluding tert-OH is 1. The van der Waals surface area contributed by atoms with Crippen LogP contribution < -0.4 is 21.3 Å². The first-order valence-electron chi connectivity index (χ1n) is 20.0. The molecule has 4 heterocycles. The van der Waals surface area contributed by atoms with Gasteiger partial charge in [-0.15, -0.1) is 0 Å². The minimum atomic E-state index is -1.67. The van der Waals surface area contributed by atoms with Gasteiger partial charge < -0.3 is 45.8 Å². The minimum Gasteiger partial charge on any atom is -0.458 e. The molecule has 4 aliphatic rings. The monoisotopic (exact) mass is 839 g/mol. The zero-order valence-electron chi connectivity index (χ0n) is 33.4. The predicted octanol–water partition coefficient (Wildman–Crippen LogP) is 2.04. The van der Waals surface area contributed by atoms with Crippen LogP contribution in [0.4, 0.5) is 14.9 Å². The van der Waals surface area contributed by atoms with Gasteiger partial charge >= 0.3 is 12.0 Å². The van der Waals surface area contributed by atoms with Crippen molar-refractivity contribution in [3.05, 3.63) is 64.4 Å². The van der Waals surface area contributed by atoms with Crippen molar-refractivity contribution in [2.24, 2.45) is 5.92 Å². The molecule has 0 bridgehead atoms. The van der Waals surface area contributed by atoms with Gasteiger partial charge in [0, 0.05) is 37.5 Å². The smallest absolute Gasteiger partial charge is 0.329 e. The molecule has 2 aromatic rings. The summed E-state index contributed by atoms with van der Waals surface area (Å²) in [6.07, 6.45) is -1.03. The quantitative estimate of drug-likeness (QED) is 0.270. The lowest BCUT2D eigenvalue weighted by atomic mass is 9.98. The zero-order chi connectivity index (χ0) is 42.7. The van der Waals surface area contributed by atoms with Crippen LogP contribution in [-0.2, 0) is 39.9 Å². The molecule has 6 rings (SSSR count). The van der Waals surface area contributed by atoms with Crippen molar-refractivity contribution < 1.29 is 47.8 Å². The lowest BCUT2D eigenvalue weighted by Gasteiger charge is -2.39. The summed E-state index contributed by atoms with van der Waals surface area (Å²) in [4.78, 5) is 102. The molecule has 59 heavy (non-hydrogen) atoms. The van der Waals surface area contributed by atoms with Gasteiger partial charge in [-0.05, 0) is 76.1 Å². The van der Waals surface area contributed by atoms with Crippen LogP contribution in [-0.4, -0.2) is 129 Å². The van der Waals surface area contributed by atoms with E-state index < -0.39 is 95.8 Å². The number of hydrogen-bond acceptors (Lipinski definition) is 9. The molecule has 16 nitrogen and oxygen atoms in total. The number of urea groups is 1. The summed E-state index contributed by atoms with van der Waals surface area (Å²) in [5.74, 6) is -5.19. The fraction of sp³-hybridized carbons (Fsp3) is 0.537. The number of nitrogens with zero attached hydrogens (tertiary/aromatic N) is 3. The Balaban J connectivity index is 1.35. The summed E-state index contributed by atoms with van der Waals surface area (Å²) in [7, 11) is 0. The number of rotatable bonds is 6. The average molecular weight is 840 g/mol. The van der Waals surface area contributed by atoms with Crippen molar-refractivity contribution in [1.29, 1.82) is 0 Å². The number of aryl methyl sites for hydroxylation is 1. The summed E-state index contributed by atoms with van der Waals surface area (Å²) in [5.41, 5.74) is 1.28. The molecule has 2 aromatic carbocycles. The molecule has 4 fully saturated rings. The Kier molecular flexibility index (Phi) is 13.4. The number of anilines is 1. The van der Waals surface area contributed by atoms with Crippen molar-refractivity contribution in [1.82, 2.24) is 30.7 Å². The van der Waals surface area contributed by atoms with Gasteiger partial charge in [0.25, 0.3) is 0 Å². The number of carbonyl (C=O) groups is 7. The number of hydrogen-bond donors (Lipinski definition) is 5. The fourth-order valence-electron chi connectivity index (χ4n) is 8.42. The number of fused-ring (bicyclic) bond motifs is 3. The van der Waals surface area contributed by atoms with Crippen LogP contribution >= 0.6 is 11.6 Å². The lowest BCUT2D eigenvalue weighted by molar-refractivity contribution is -0.163. The van der Waals surface area contributed by atoms with E-state index in [2.05, 4.69) is 21.3 Å². The zero-order valence-corrected chi connectivity index (χ0v) is 34.2. The Morgan fingerprint density at radius 2 is 1.68 bits per heavy atom. The average Bonchev–Trinajstić information content (AvgIpc) is 3.78. The van der Waals surface area contributed by atoms with E-state index in [0.717, 1.165) is 16.5 Å². The number of esters is 1. The van der Waals surface area contributed by atoms with Gasteiger partial charge in [0.05, 0.1) is 11.8 Å². The first-order chi connectivity index (χ1) is 28.0. The fourth-order valence-corrected chi connectivity index (χ4v) is 8.58. The molecule has 7 amide bonds. The van der Waals surface area contributed by atoms with Crippen LogP contribution in [0, 0.1) is 18.7 Å². The van der Waals surface area contributed by atoms with E-state index in [1.807, 2.05) is 19.9 Å². The standard InChI is InChI=1S/C41H51ClFN7O9/c1-21-8-7-9-25(14-21)16-30(46-41(58)45-29-12-11-26(42)17-28(29)43)35(52)47-34-24(4)59-40(57)33-15-22(2)19-49(33)37(54)23(3)44-36(53)31-10-5-6-13-48(31)38(55)32-18-27(51)20-50(32)39(34)56/h7-9,11-12,14,17,22-24,27,30-34,51H,5-6,10,13,15-16,18-20H2,1-4H3,(H,44,53)(H,47,52)(H2,45,46,58)/t22-,23+,24+,27-,30+,31+,32+,33+,34+/m1/s1. The van der Waals surface area contributed by atoms with Crippen LogP contribution in [0.3, 0.4) is 0 Å². The van der Waals surface area contributed by atoms with Gasteiger partial charge in [-0.2, -0.15) is 0 Å². The molecule has 0 saturated carbocycles. The highest BCUT2D eigenvalue weighted by Gasteiger charge is 2.49. The Morgan fingerprint density at radius 1 is 0.932 bits per heavy atom. The maximum atomic E-state index is 14.8. The summed E-state index contributed by atoms with van der Waals surface area (Å²) < 4.78 is 20.5. The number of halogens is 2. The second-order valence-electron chi connectivity index (χ2n) is 16.1. The van der Waals surface area contributed by atoms with E-state index in [9.17, 15) is 43.1 Å². The molecular formula is C41H51ClFN7O9. The lowest BCUT2D eigenvalue weighted by Crippen LogP contribution is -2.63. The van der Waals surface area contributed by atoms with Gasteiger partial charge in [-0.1, -0.05) is 48.4 Å². The summed E-state index contributed by atoms with van der Waals surface area (Å²) >= 11 is 5.87. The highest BCUT2D eigenvalue weighted by Crippen LogP contribution is 2.29. The minimum absolute atomic E-state index is 0.0870. The Morgan fingerprint density at radius 3 is 2.41 bits per heavy atom. The number of amides is 7. The largest absolute Gasteiger partial charge is 0.458 e. The van der Waals surface area contributed by atoms with Gasteiger partial charge in [-0.25, -0.2) is 14.0 Å². The first-order valence-corrected chi connectivity index (χ1v) is 20.4. The molecule has 0 unspecified atom stereocenters. The van der Waals surface area contributed by atoms with Crippen molar-refractivity contribution in [2.45, 2.75) is 115 Å². The molecule has 4 saturated heterocycles. The maximum Gasteiger partial charge on any atom is 0.329 e. The number of carbonyl (C=O) groups excluding carboxylic acids is 7. The van der Waals surface area contributed by atoms with Crippen LogP contribution in [0.2, 0.25) is 5.02 Å². The van der Waals surface area contributed by atoms with Crippen LogP contribution in [0.25, 0.3) is 0 Å². The molecule has 0 spiro atoms. The molecule has 4 aliphatic heterocycles. The van der Waals surface area contributed by atoms with E-state index in [1.165, 1.54) is 35.8 Å². The van der Waals surface area contributed by atoms with Crippen LogP contribution in [0.1, 0.15) is 64.0 Å². The third kappa shape index (κ3) is 9.95. The highest BCUT2D eigenvalue weighted by molar-refractivity contribution is 6.30. The molecule has 318 valence electrons. The normalized spacial score (nSPS) is 28.5. The van der Waals surface area contributed by atoms with Crippen molar-refractivity contribution in [3.63, 3.8) is 0 Å². The summed E-state index contributed by atoms with van der Waals surface area (Å²) in [5, 5.41) is 21.3. The van der Waals surface area contributed by atoms with Gasteiger partial charge in [0.2, 0.25) is 29.5 Å². The van der Waals surface area contributed by atoms with E-state index >= 15 is 0 Å². The highest BCUT2D eigenvalue weighted by atomic mass is 35.5. The van der Waals surface area contributed by atoms with E-state index in [0.29, 0.717) is 24.8 Å². The second kappa shape index (κ2) is 18.3. The van der Waals surface area contributed by atoms with E-state index in [-0.39, 0.29) is 55.5 Å². The Labute approximate surface area is 346 Å². The number of aliphatic hydroxyl groups is 1. The molecule has 0 aliphatic carbocycles. The van der Waals surface area contributed by atoms with Gasteiger partial charge in [0.1, 0.15) is 48.2 Å². The second-order valence-corrected chi connectivity index (χ2v) is 16.5. The van der Waals surface area contributed by atoms with Crippen LogP contribution in [0.15, 0.2) is 42.5 Å². The van der Waals surface area contributed by atoms with Gasteiger partial charge in [0.15, 0.2) is 0 Å². The van der Waals surface area contributed by atoms with Crippen molar-refractivity contribution in [3.8, 4) is 0 Å². The number of ether oxygens (including phenoxy) is 1. The van der Waals surface area contributed by atoms with Crippen molar-refractivity contribution in [2.75, 3.05) is 25.0 Å². The van der Waals surface area contributed by atoms with E-state index in [1.54, 1.807) is 18.2 Å². The molecule has 0 radical (unpaired) electrons. The molecular weight excluding hydrogens is 789 g/mol. The predicted molar refractivity (Wildman–Crippen MR) is 212 cm³/mol. The van der Waals surface area contributed by atoms with Crippen LogP contribution in [0.5, 0.6) is 0 Å².